The number of ether oxygens (including phenoxy) is 4. The van der Waals surface area contributed by atoms with Gasteiger partial charge in [0.25, 0.3) is 0 Å². The smallest absolute Gasteiger partial charge is 0.421 e. The van der Waals surface area contributed by atoms with Crippen molar-refractivity contribution in [1.29, 1.82) is 0 Å². The maximum Gasteiger partial charge on any atom is 0.421 e. The minimum Gasteiger partial charge on any atom is -0.465 e. The van der Waals surface area contributed by atoms with E-state index >= 15 is 0 Å². The number of rotatable bonds is 9. The lowest BCUT2D eigenvalue weighted by Gasteiger charge is -2.20. The molecule has 11 heteroatoms. The Labute approximate surface area is 185 Å². The first-order chi connectivity index (χ1) is 14.2. The van der Waals surface area contributed by atoms with E-state index in [2.05, 4.69) is 10.3 Å². The van der Waals surface area contributed by atoms with Gasteiger partial charge in [-0.05, 0) is 46.9 Å². The van der Waals surface area contributed by atoms with Crippen LogP contribution in [0.1, 0.15) is 15.9 Å². The van der Waals surface area contributed by atoms with Crippen molar-refractivity contribution >= 4 is 34.2 Å². The summed E-state index contributed by atoms with van der Waals surface area (Å²) in [6.45, 7) is 0.600. The highest BCUT2D eigenvalue weighted by Gasteiger charge is 2.36. The van der Waals surface area contributed by atoms with E-state index in [-0.39, 0.29) is 17.4 Å². The Bertz CT molecular complexity index is 874. The largest absolute Gasteiger partial charge is 0.465 e. The molecule has 0 bridgehead atoms. The van der Waals surface area contributed by atoms with Crippen LogP contribution >= 0.6 is 22.6 Å². The molecule has 0 amide bonds. The predicted molar refractivity (Wildman–Crippen MR) is 111 cm³/mol. The first kappa shape index (κ1) is 24.2. The Morgan fingerprint density at radius 3 is 2.40 bits per heavy atom. The van der Waals surface area contributed by atoms with Gasteiger partial charge >= 0.3 is 12.1 Å². The third-order valence-electron chi connectivity index (χ3n) is 3.83. The lowest BCUT2D eigenvalue weighted by molar-refractivity contribution is -0.138. The van der Waals surface area contributed by atoms with E-state index in [1.54, 1.807) is 22.6 Å². The summed E-state index contributed by atoms with van der Waals surface area (Å²) in [7, 11) is 4.24. The van der Waals surface area contributed by atoms with Crippen molar-refractivity contribution < 1.29 is 36.9 Å². The van der Waals surface area contributed by atoms with Crippen molar-refractivity contribution in [3.8, 4) is 11.6 Å². The number of alkyl halides is 3. The van der Waals surface area contributed by atoms with Crippen LogP contribution in [-0.2, 0) is 20.4 Å². The Morgan fingerprint density at radius 2 is 1.83 bits per heavy atom. The topological polar surface area (TPSA) is 78.9 Å². The van der Waals surface area contributed by atoms with Crippen LogP contribution in [0.2, 0.25) is 0 Å². The molecule has 164 valence electrons. The molecule has 0 aliphatic heterocycles. The number of methoxy groups -OCH3 is 3. The van der Waals surface area contributed by atoms with Crippen molar-refractivity contribution in [1.82, 2.24) is 4.98 Å². The van der Waals surface area contributed by atoms with Gasteiger partial charge in [-0.15, -0.1) is 0 Å². The van der Waals surface area contributed by atoms with Crippen molar-refractivity contribution in [2.75, 3.05) is 39.9 Å². The van der Waals surface area contributed by atoms with Gasteiger partial charge in [0.1, 0.15) is 11.3 Å². The molecule has 2 rings (SSSR count). The molecule has 0 aliphatic rings. The molecule has 2 aromatic rings. The summed E-state index contributed by atoms with van der Waals surface area (Å²) in [5.74, 6) is -1.31. The Hall–Kier alpha value is -2.12. The standard InChI is InChI=1S/C19H20F3IN2O5/c1-27-9-12(10-28-2)25-16-5-4-13(7-14(16)18(26)29-3)30-17-15(19(20,21)22)6-11(23)8-24-17/h4-8,12,25H,9-10H2,1-3H3. The van der Waals surface area contributed by atoms with Crippen LogP contribution in [0.4, 0.5) is 18.9 Å². The van der Waals surface area contributed by atoms with Crippen LogP contribution < -0.4 is 10.1 Å². The van der Waals surface area contributed by atoms with Gasteiger partial charge in [-0.25, -0.2) is 9.78 Å². The highest BCUT2D eigenvalue weighted by molar-refractivity contribution is 14.1. The molecule has 1 aromatic heterocycles. The van der Waals surface area contributed by atoms with E-state index in [1.807, 2.05) is 0 Å². The molecule has 1 N–H and O–H groups in total. The maximum absolute atomic E-state index is 13.3. The zero-order valence-electron chi connectivity index (χ0n) is 16.4. The second kappa shape index (κ2) is 10.8. The first-order valence-corrected chi connectivity index (χ1v) is 9.64. The van der Waals surface area contributed by atoms with Crippen LogP contribution in [-0.4, -0.2) is 51.5 Å². The fourth-order valence-electron chi connectivity index (χ4n) is 2.57. The lowest BCUT2D eigenvalue weighted by atomic mass is 10.1. The van der Waals surface area contributed by atoms with Crippen molar-refractivity contribution in [2.24, 2.45) is 0 Å². The van der Waals surface area contributed by atoms with Crippen LogP contribution in [0.3, 0.4) is 0 Å². The molecular formula is C19H20F3IN2O5. The van der Waals surface area contributed by atoms with Crippen molar-refractivity contribution in [3.05, 3.63) is 45.2 Å². The van der Waals surface area contributed by atoms with Gasteiger partial charge in [-0.2, -0.15) is 13.2 Å². The number of hydrogen-bond acceptors (Lipinski definition) is 7. The second-order valence-corrected chi connectivity index (χ2v) is 7.30. The maximum atomic E-state index is 13.3. The lowest BCUT2D eigenvalue weighted by Crippen LogP contribution is -2.30. The highest BCUT2D eigenvalue weighted by atomic mass is 127. The Balaban J connectivity index is 2.39. The Kier molecular flexibility index (Phi) is 8.67. The Morgan fingerprint density at radius 1 is 1.17 bits per heavy atom. The minimum atomic E-state index is -4.65. The number of aromatic nitrogens is 1. The summed E-state index contributed by atoms with van der Waals surface area (Å²) < 4.78 is 60.6. The van der Waals surface area contributed by atoms with Gasteiger partial charge in [0.15, 0.2) is 0 Å². The number of nitrogens with one attached hydrogen (secondary N) is 1. The van der Waals surface area contributed by atoms with Crippen LogP contribution in [0.25, 0.3) is 0 Å². The molecule has 0 fully saturated rings. The van der Waals surface area contributed by atoms with E-state index in [9.17, 15) is 18.0 Å². The molecule has 0 radical (unpaired) electrons. The van der Waals surface area contributed by atoms with E-state index in [0.29, 0.717) is 22.5 Å². The predicted octanol–water partition coefficient (Wildman–Crippen LogP) is 4.36. The average molecular weight is 540 g/mol. The third kappa shape index (κ3) is 6.44. The van der Waals surface area contributed by atoms with Gasteiger partial charge in [0.05, 0.1) is 31.9 Å². The molecule has 7 nitrogen and oxygen atoms in total. The molecule has 1 heterocycles. The zero-order valence-corrected chi connectivity index (χ0v) is 18.5. The number of nitrogens with zero attached hydrogens (tertiary/aromatic N) is 1. The van der Waals surface area contributed by atoms with Gasteiger partial charge in [-0.1, -0.05) is 0 Å². The van der Waals surface area contributed by atoms with Crippen molar-refractivity contribution in [2.45, 2.75) is 12.2 Å². The number of hydrogen-bond donors (Lipinski definition) is 1. The summed E-state index contributed by atoms with van der Waals surface area (Å²) >= 11 is 1.73. The molecule has 0 saturated carbocycles. The van der Waals surface area contributed by atoms with Crippen LogP contribution in [0, 0.1) is 3.57 Å². The van der Waals surface area contributed by atoms with Gasteiger partial charge in [0, 0.05) is 29.7 Å². The number of carbonyl (C=O) groups is 1. The minimum absolute atomic E-state index is 0.00445. The number of anilines is 1. The van der Waals surface area contributed by atoms with Gasteiger partial charge in [0.2, 0.25) is 5.88 Å². The summed E-state index contributed by atoms with van der Waals surface area (Å²) in [4.78, 5) is 16.0. The molecule has 1 aromatic carbocycles. The molecule has 0 saturated heterocycles. The summed E-state index contributed by atoms with van der Waals surface area (Å²) in [5, 5.41) is 3.10. The molecular weight excluding hydrogens is 520 g/mol. The second-order valence-electron chi connectivity index (χ2n) is 6.06. The normalized spacial score (nSPS) is 11.5. The third-order valence-corrected chi connectivity index (χ3v) is 4.42. The average Bonchev–Trinajstić information content (AvgIpc) is 2.69. The van der Waals surface area contributed by atoms with E-state index in [0.717, 1.165) is 6.07 Å². The first-order valence-electron chi connectivity index (χ1n) is 8.57. The summed E-state index contributed by atoms with van der Waals surface area (Å²) in [6.07, 6.45) is -3.40. The molecule has 0 unspecified atom stereocenters. The summed E-state index contributed by atoms with van der Waals surface area (Å²) in [6, 6.07) is 4.86. The quantitative estimate of drug-likeness (QED) is 0.374. The number of carbonyl (C=O) groups excluding carboxylic acids is 1. The monoisotopic (exact) mass is 540 g/mol. The molecule has 30 heavy (non-hydrogen) atoms. The van der Waals surface area contributed by atoms with E-state index in [1.165, 1.54) is 45.7 Å². The van der Waals surface area contributed by atoms with Gasteiger partial charge < -0.3 is 24.3 Å². The SMILES string of the molecule is COCC(COC)Nc1ccc(Oc2ncc(I)cc2C(F)(F)F)cc1C(=O)OC. The fourth-order valence-corrected chi connectivity index (χ4v) is 3.02. The summed E-state index contributed by atoms with van der Waals surface area (Å²) in [5.41, 5.74) is -0.553. The molecule has 0 aliphatic carbocycles. The van der Waals surface area contributed by atoms with E-state index < -0.39 is 23.6 Å². The number of halogens is 4. The number of benzene rings is 1. The fraction of sp³-hybridized carbons (Fsp3) is 0.368. The zero-order chi connectivity index (χ0) is 22.3. The van der Waals surface area contributed by atoms with Crippen LogP contribution in [0.15, 0.2) is 30.5 Å². The van der Waals surface area contributed by atoms with Crippen molar-refractivity contribution in [3.63, 3.8) is 0 Å². The van der Waals surface area contributed by atoms with Crippen LogP contribution in [0.5, 0.6) is 11.6 Å². The molecule has 0 atom stereocenters. The highest BCUT2D eigenvalue weighted by Crippen LogP contribution is 2.38. The van der Waals surface area contributed by atoms with E-state index in [4.69, 9.17) is 18.9 Å². The number of esters is 1. The van der Waals surface area contributed by atoms with Gasteiger partial charge in [-0.3, -0.25) is 0 Å². The number of pyridine rings is 1. The molecule has 0 spiro atoms.